The van der Waals surface area contributed by atoms with E-state index in [2.05, 4.69) is 39.8 Å². The highest BCUT2D eigenvalue weighted by molar-refractivity contribution is 5.66. The van der Waals surface area contributed by atoms with E-state index < -0.39 is 0 Å². The topological polar surface area (TPSA) is 26.3 Å². The van der Waals surface area contributed by atoms with Gasteiger partial charge in [0.25, 0.3) is 0 Å². The molecule has 2 heteroatoms. The predicted molar refractivity (Wildman–Crippen MR) is 75.5 cm³/mol. The van der Waals surface area contributed by atoms with Crippen molar-refractivity contribution < 1.29 is 9.53 Å². The van der Waals surface area contributed by atoms with Crippen molar-refractivity contribution >= 4 is 5.97 Å². The van der Waals surface area contributed by atoms with Gasteiger partial charge >= 0.3 is 5.97 Å². The Hall–Kier alpha value is -0.790. The van der Waals surface area contributed by atoms with Crippen molar-refractivity contribution in [3.63, 3.8) is 0 Å². The zero-order chi connectivity index (χ0) is 14.1. The van der Waals surface area contributed by atoms with Crippen LogP contribution in [-0.4, -0.2) is 12.1 Å². The minimum Gasteiger partial charge on any atom is -0.458 e. The molecular weight excluding hydrogens is 236 g/mol. The molecule has 0 saturated heterocycles. The largest absolute Gasteiger partial charge is 0.458 e. The molecule has 0 aliphatic heterocycles. The number of rotatable bonds is 1. The fourth-order valence-electron chi connectivity index (χ4n) is 5.59. The van der Waals surface area contributed by atoms with Gasteiger partial charge in [-0.2, -0.15) is 0 Å². The summed E-state index contributed by atoms with van der Waals surface area (Å²) in [5.74, 6) is 1.11. The highest BCUT2D eigenvalue weighted by Gasteiger charge is 2.69. The predicted octanol–water partition coefficient (Wildman–Crippen LogP) is 3.96. The SMILES string of the molecule is CC(=O)OC1C=CC(C)(C)C23CCC(C2)C(C)(C)C13. The van der Waals surface area contributed by atoms with Gasteiger partial charge in [0.2, 0.25) is 0 Å². The fraction of sp³-hybridized carbons (Fsp3) is 0.824. The standard InChI is InChI=1S/C17H26O2/c1-11(18)19-13-7-8-15(2,3)17-9-6-12(10-17)16(4,5)14(13)17/h7-8,12-14H,6,9-10H2,1-5H3. The number of ether oxygens (including phenoxy) is 1. The summed E-state index contributed by atoms with van der Waals surface area (Å²) in [4.78, 5) is 11.4. The van der Waals surface area contributed by atoms with E-state index in [1.165, 1.54) is 26.2 Å². The molecular formula is C17H26O2. The van der Waals surface area contributed by atoms with Gasteiger partial charge in [-0.05, 0) is 47.5 Å². The first-order valence-electron chi connectivity index (χ1n) is 7.57. The molecule has 106 valence electrons. The van der Waals surface area contributed by atoms with Crippen LogP contribution in [0.15, 0.2) is 12.2 Å². The Labute approximate surface area is 116 Å². The van der Waals surface area contributed by atoms with Crippen molar-refractivity contribution in [2.75, 3.05) is 0 Å². The Balaban J connectivity index is 2.08. The van der Waals surface area contributed by atoms with Gasteiger partial charge in [-0.25, -0.2) is 0 Å². The average molecular weight is 262 g/mol. The van der Waals surface area contributed by atoms with Crippen LogP contribution in [0.5, 0.6) is 0 Å². The van der Waals surface area contributed by atoms with Crippen LogP contribution in [0.25, 0.3) is 0 Å². The highest BCUT2D eigenvalue weighted by atomic mass is 16.5. The first kappa shape index (κ1) is 13.2. The molecule has 0 N–H and O–H groups in total. The summed E-state index contributed by atoms with van der Waals surface area (Å²) in [6, 6.07) is 0. The summed E-state index contributed by atoms with van der Waals surface area (Å²) < 4.78 is 5.66. The first-order valence-corrected chi connectivity index (χ1v) is 7.57. The summed E-state index contributed by atoms with van der Waals surface area (Å²) in [5, 5.41) is 0. The van der Waals surface area contributed by atoms with Crippen LogP contribution >= 0.6 is 0 Å². The minimum absolute atomic E-state index is 0.0224. The molecule has 2 nitrogen and oxygen atoms in total. The molecule has 0 aromatic heterocycles. The van der Waals surface area contributed by atoms with Crippen molar-refractivity contribution in [2.45, 2.75) is 60.0 Å². The second-order valence-electron chi connectivity index (χ2n) is 8.05. The summed E-state index contributed by atoms with van der Waals surface area (Å²) in [7, 11) is 0. The van der Waals surface area contributed by atoms with E-state index >= 15 is 0 Å². The summed E-state index contributed by atoms with van der Waals surface area (Å²) in [6.07, 6.45) is 8.38. The Kier molecular flexibility index (Phi) is 2.54. The first-order chi connectivity index (χ1) is 8.71. The zero-order valence-corrected chi connectivity index (χ0v) is 12.8. The van der Waals surface area contributed by atoms with Crippen molar-refractivity contribution in [3.8, 4) is 0 Å². The van der Waals surface area contributed by atoms with Gasteiger partial charge in [0.15, 0.2) is 0 Å². The number of carbonyl (C=O) groups excluding carboxylic acids is 1. The Morgan fingerprint density at radius 2 is 1.95 bits per heavy atom. The number of allylic oxidation sites excluding steroid dienone is 1. The smallest absolute Gasteiger partial charge is 0.303 e. The molecule has 4 atom stereocenters. The Morgan fingerprint density at radius 1 is 1.26 bits per heavy atom. The normalized spacial score (nSPS) is 45.0. The van der Waals surface area contributed by atoms with E-state index in [1.807, 2.05) is 0 Å². The molecule has 0 aromatic carbocycles. The van der Waals surface area contributed by atoms with Crippen LogP contribution in [0, 0.1) is 28.1 Å². The van der Waals surface area contributed by atoms with E-state index in [0.29, 0.717) is 11.3 Å². The Bertz CT molecular complexity index is 446. The average Bonchev–Trinajstić information content (AvgIpc) is 2.78. The molecule has 0 amide bonds. The summed E-state index contributed by atoms with van der Waals surface area (Å²) in [5.41, 5.74) is 0.827. The number of hydrogen-bond acceptors (Lipinski definition) is 2. The molecule has 2 saturated carbocycles. The number of hydrogen-bond donors (Lipinski definition) is 0. The van der Waals surface area contributed by atoms with E-state index in [0.717, 1.165) is 5.92 Å². The second kappa shape index (κ2) is 3.65. The third-order valence-electron chi connectivity index (χ3n) is 6.62. The molecule has 0 aromatic rings. The van der Waals surface area contributed by atoms with Crippen LogP contribution in [0.2, 0.25) is 0 Å². The lowest BCUT2D eigenvalue weighted by Gasteiger charge is -2.55. The van der Waals surface area contributed by atoms with Crippen LogP contribution in [-0.2, 0) is 9.53 Å². The molecule has 2 bridgehead atoms. The number of esters is 1. The maximum Gasteiger partial charge on any atom is 0.303 e. The molecule has 3 aliphatic carbocycles. The lowest BCUT2D eigenvalue weighted by molar-refractivity contribution is -0.157. The number of carbonyl (C=O) groups is 1. The third-order valence-corrected chi connectivity index (χ3v) is 6.62. The van der Waals surface area contributed by atoms with Crippen LogP contribution < -0.4 is 0 Å². The third kappa shape index (κ3) is 1.52. The molecule has 0 heterocycles. The molecule has 4 unspecified atom stereocenters. The van der Waals surface area contributed by atoms with Gasteiger partial charge < -0.3 is 4.74 Å². The molecule has 3 rings (SSSR count). The summed E-state index contributed by atoms with van der Waals surface area (Å²) in [6.45, 7) is 11.0. The lowest BCUT2D eigenvalue weighted by atomic mass is 9.50. The van der Waals surface area contributed by atoms with E-state index in [9.17, 15) is 4.79 Å². The summed E-state index contributed by atoms with van der Waals surface area (Å²) >= 11 is 0. The quantitative estimate of drug-likeness (QED) is 0.528. The zero-order valence-electron chi connectivity index (χ0n) is 12.8. The monoisotopic (exact) mass is 262 g/mol. The van der Waals surface area contributed by atoms with Crippen molar-refractivity contribution in [1.82, 2.24) is 0 Å². The van der Waals surface area contributed by atoms with Gasteiger partial charge in [0, 0.05) is 12.8 Å². The van der Waals surface area contributed by atoms with E-state index in [4.69, 9.17) is 4.74 Å². The maximum atomic E-state index is 11.4. The molecule has 3 aliphatic rings. The van der Waals surface area contributed by atoms with Gasteiger partial charge in [0.05, 0.1) is 0 Å². The molecule has 1 spiro atoms. The van der Waals surface area contributed by atoms with Gasteiger partial charge in [-0.15, -0.1) is 0 Å². The minimum atomic E-state index is -0.150. The van der Waals surface area contributed by atoms with Crippen LogP contribution in [0.4, 0.5) is 0 Å². The lowest BCUT2D eigenvalue weighted by Crippen LogP contribution is -2.52. The van der Waals surface area contributed by atoms with Gasteiger partial charge in [-0.3, -0.25) is 4.79 Å². The maximum absolute atomic E-state index is 11.4. The fourth-order valence-corrected chi connectivity index (χ4v) is 5.59. The number of fused-ring (bicyclic) bond motifs is 1. The van der Waals surface area contributed by atoms with E-state index in [-0.39, 0.29) is 22.9 Å². The van der Waals surface area contributed by atoms with Crippen molar-refractivity contribution in [1.29, 1.82) is 0 Å². The van der Waals surface area contributed by atoms with Crippen LogP contribution in [0.1, 0.15) is 53.9 Å². The van der Waals surface area contributed by atoms with Gasteiger partial charge in [0.1, 0.15) is 6.10 Å². The van der Waals surface area contributed by atoms with Crippen molar-refractivity contribution in [3.05, 3.63) is 12.2 Å². The van der Waals surface area contributed by atoms with E-state index in [1.54, 1.807) is 0 Å². The Morgan fingerprint density at radius 3 is 2.58 bits per heavy atom. The van der Waals surface area contributed by atoms with Gasteiger partial charge in [-0.1, -0.05) is 33.8 Å². The highest BCUT2D eigenvalue weighted by Crippen LogP contribution is 2.74. The van der Waals surface area contributed by atoms with Crippen molar-refractivity contribution in [2.24, 2.45) is 28.1 Å². The molecule has 2 fully saturated rings. The molecule has 0 radical (unpaired) electrons. The second-order valence-corrected chi connectivity index (χ2v) is 8.05. The van der Waals surface area contributed by atoms with Crippen LogP contribution in [0.3, 0.4) is 0 Å². The molecule has 19 heavy (non-hydrogen) atoms.